The van der Waals surface area contributed by atoms with Crippen LogP contribution < -0.4 is 20.4 Å². The Balaban J connectivity index is 2.12. The Bertz CT molecular complexity index is 1600. The van der Waals surface area contributed by atoms with Crippen molar-refractivity contribution in [2.45, 2.75) is 92.2 Å². The summed E-state index contributed by atoms with van der Waals surface area (Å²) in [6.07, 6.45) is 1.03. The lowest BCUT2D eigenvalue weighted by Gasteiger charge is -2.31. The minimum atomic E-state index is -4.11. The van der Waals surface area contributed by atoms with Gasteiger partial charge in [0, 0.05) is 34.4 Å². The quantitative estimate of drug-likeness (QED) is 0.167. The predicted molar refractivity (Wildman–Crippen MR) is 170 cm³/mol. The van der Waals surface area contributed by atoms with Gasteiger partial charge in [0.05, 0.1) is 12.7 Å². The van der Waals surface area contributed by atoms with Crippen LogP contribution in [0.25, 0.3) is 10.9 Å². The normalized spacial score (nSPS) is 14.3. The van der Waals surface area contributed by atoms with Crippen LogP contribution in [0.1, 0.15) is 90.7 Å². The maximum atomic E-state index is 14.0. The van der Waals surface area contributed by atoms with E-state index < -0.39 is 41.9 Å². The van der Waals surface area contributed by atoms with Gasteiger partial charge in [-0.25, -0.2) is 4.57 Å². The summed E-state index contributed by atoms with van der Waals surface area (Å²) in [5.41, 5.74) is 1.11. The summed E-state index contributed by atoms with van der Waals surface area (Å²) in [6, 6.07) is 9.46. The SMILES string of the molecule is CCO[P@@](=O)(N[C@@H](C)C(=O)OC(C)C)Oc1cc(NC(=O)c2c[nH]c3ccccc3c2=O)c(C(C)(C)C)cc1C(C)(C)C. The molecule has 2 aromatic carbocycles. The molecule has 0 aliphatic heterocycles. The highest BCUT2D eigenvalue weighted by Gasteiger charge is 2.35. The molecule has 43 heavy (non-hydrogen) atoms. The van der Waals surface area contributed by atoms with Gasteiger partial charge in [-0.1, -0.05) is 53.7 Å². The monoisotopic (exact) mass is 613 g/mol. The van der Waals surface area contributed by atoms with Gasteiger partial charge in [0.25, 0.3) is 5.91 Å². The van der Waals surface area contributed by atoms with E-state index in [2.05, 4.69) is 15.4 Å². The van der Waals surface area contributed by atoms with E-state index in [-0.39, 0.29) is 24.0 Å². The summed E-state index contributed by atoms with van der Waals surface area (Å²) in [7, 11) is -4.11. The number of aromatic nitrogens is 1. The Labute approximate surface area is 253 Å². The second-order valence-electron chi connectivity index (χ2n) is 12.8. The zero-order chi connectivity index (χ0) is 32.3. The van der Waals surface area contributed by atoms with Crippen LogP contribution in [0.4, 0.5) is 5.69 Å². The molecule has 0 spiro atoms. The molecule has 0 aliphatic rings. The van der Waals surface area contributed by atoms with Crippen LogP contribution in [0.5, 0.6) is 5.75 Å². The fraction of sp³-hybridized carbons (Fsp3) is 0.469. The van der Waals surface area contributed by atoms with Crippen molar-refractivity contribution >= 4 is 36.2 Å². The number of amides is 1. The number of ether oxygens (including phenoxy) is 1. The molecule has 3 rings (SSSR count). The van der Waals surface area contributed by atoms with Crippen molar-refractivity contribution in [1.82, 2.24) is 10.1 Å². The van der Waals surface area contributed by atoms with E-state index in [0.29, 0.717) is 22.2 Å². The van der Waals surface area contributed by atoms with E-state index >= 15 is 0 Å². The number of hydrogen-bond donors (Lipinski definition) is 3. The minimum absolute atomic E-state index is 0.0372. The summed E-state index contributed by atoms with van der Waals surface area (Å²) in [6.45, 7) is 18.6. The number of benzene rings is 2. The molecule has 1 aromatic heterocycles. The minimum Gasteiger partial charge on any atom is -0.462 e. The van der Waals surface area contributed by atoms with Crippen molar-refractivity contribution < 1.29 is 27.9 Å². The number of H-pyrrole nitrogens is 1. The zero-order valence-electron chi connectivity index (χ0n) is 26.7. The average molecular weight is 614 g/mol. The second-order valence-corrected chi connectivity index (χ2v) is 14.5. The van der Waals surface area contributed by atoms with Crippen molar-refractivity contribution in [1.29, 1.82) is 0 Å². The first-order valence-corrected chi connectivity index (χ1v) is 15.9. The van der Waals surface area contributed by atoms with Gasteiger partial charge < -0.3 is 19.6 Å². The Hall–Kier alpha value is -3.46. The Kier molecular flexibility index (Phi) is 10.3. The third-order valence-corrected chi connectivity index (χ3v) is 8.33. The molecule has 0 fully saturated rings. The molecule has 234 valence electrons. The van der Waals surface area contributed by atoms with E-state index in [1.54, 1.807) is 51.1 Å². The fourth-order valence-electron chi connectivity index (χ4n) is 4.50. The molecule has 0 unspecified atom stereocenters. The number of hydrogen-bond acceptors (Lipinski definition) is 7. The van der Waals surface area contributed by atoms with E-state index in [0.717, 1.165) is 5.56 Å². The first-order chi connectivity index (χ1) is 19.9. The number of carbonyl (C=O) groups excluding carboxylic acids is 2. The number of anilines is 1. The molecule has 0 radical (unpaired) electrons. The van der Waals surface area contributed by atoms with Crippen molar-refractivity contribution in [3.05, 3.63) is 69.5 Å². The molecule has 3 aromatic rings. The molecule has 0 saturated carbocycles. The van der Waals surface area contributed by atoms with Gasteiger partial charge in [-0.15, -0.1) is 0 Å². The standard InChI is InChI=1S/C32H44N3O7P/c1-11-40-43(39,35-20(4)30(38)41-19(2)3)42-27-17-26(23(31(5,6)7)16-24(27)32(8,9)10)34-29(37)22-18-33-25-15-13-12-14-21(25)28(22)36/h12-20H,11H2,1-10H3,(H,33,36)(H,34,37)(H,35,39)/t20-,43-/m0/s1. The van der Waals surface area contributed by atoms with Crippen LogP contribution >= 0.6 is 7.75 Å². The fourth-order valence-corrected chi connectivity index (χ4v) is 6.01. The number of carbonyl (C=O) groups is 2. The van der Waals surface area contributed by atoms with E-state index in [9.17, 15) is 18.9 Å². The van der Waals surface area contributed by atoms with Crippen LogP contribution in [-0.2, 0) is 29.5 Å². The molecule has 3 N–H and O–H groups in total. The predicted octanol–water partition coefficient (Wildman–Crippen LogP) is 6.83. The van der Waals surface area contributed by atoms with Gasteiger partial charge in [0.1, 0.15) is 17.4 Å². The molecule has 10 nitrogen and oxygen atoms in total. The number of esters is 1. The van der Waals surface area contributed by atoms with Crippen LogP contribution in [0.15, 0.2) is 47.4 Å². The number of para-hydroxylation sites is 1. The van der Waals surface area contributed by atoms with Gasteiger partial charge >= 0.3 is 13.7 Å². The van der Waals surface area contributed by atoms with Crippen molar-refractivity contribution in [3.63, 3.8) is 0 Å². The van der Waals surface area contributed by atoms with Crippen molar-refractivity contribution in [3.8, 4) is 5.75 Å². The zero-order valence-corrected chi connectivity index (χ0v) is 27.6. The average Bonchev–Trinajstić information content (AvgIpc) is 2.87. The summed E-state index contributed by atoms with van der Waals surface area (Å²) in [5.74, 6) is -1.02. The Morgan fingerprint density at radius 2 is 1.60 bits per heavy atom. The van der Waals surface area contributed by atoms with Crippen LogP contribution in [0.2, 0.25) is 0 Å². The van der Waals surface area contributed by atoms with Gasteiger partial charge in [-0.2, -0.15) is 5.09 Å². The third kappa shape index (κ3) is 8.34. The first kappa shape index (κ1) is 34.0. The molecule has 0 bridgehead atoms. The van der Waals surface area contributed by atoms with E-state index in [1.807, 2.05) is 47.6 Å². The van der Waals surface area contributed by atoms with Crippen molar-refractivity contribution in [2.75, 3.05) is 11.9 Å². The van der Waals surface area contributed by atoms with Crippen LogP contribution in [-0.4, -0.2) is 35.6 Å². The highest BCUT2D eigenvalue weighted by atomic mass is 31.2. The molecule has 1 amide bonds. The summed E-state index contributed by atoms with van der Waals surface area (Å²) < 4.78 is 30.9. The number of nitrogens with one attached hydrogen (secondary N) is 3. The van der Waals surface area contributed by atoms with Crippen LogP contribution in [0, 0.1) is 0 Å². The Morgan fingerprint density at radius 3 is 2.19 bits per heavy atom. The first-order valence-electron chi connectivity index (χ1n) is 14.4. The molecule has 1 heterocycles. The Morgan fingerprint density at radius 1 is 0.977 bits per heavy atom. The van der Waals surface area contributed by atoms with E-state index in [1.165, 1.54) is 13.1 Å². The highest BCUT2D eigenvalue weighted by molar-refractivity contribution is 7.52. The number of pyridine rings is 1. The maximum absolute atomic E-state index is 14.0. The molecular weight excluding hydrogens is 569 g/mol. The smallest absolute Gasteiger partial charge is 0.459 e. The molecule has 0 aliphatic carbocycles. The third-order valence-electron chi connectivity index (χ3n) is 6.59. The lowest BCUT2D eigenvalue weighted by molar-refractivity contribution is -0.149. The maximum Gasteiger partial charge on any atom is 0.459 e. The molecule has 2 atom stereocenters. The molecule has 0 saturated heterocycles. The van der Waals surface area contributed by atoms with E-state index in [4.69, 9.17) is 13.8 Å². The lowest BCUT2D eigenvalue weighted by Crippen LogP contribution is -2.36. The summed E-state index contributed by atoms with van der Waals surface area (Å²) in [5, 5.41) is 5.97. The summed E-state index contributed by atoms with van der Waals surface area (Å²) in [4.78, 5) is 42.2. The largest absolute Gasteiger partial charge is 0.462 e. The number of rotatable bonds is 10. The van der Waals surface area contributed by atoms with Gasteiger partial charge in [-0.3, -0.25) is 18.9 Å². The number of fused-ring (bicyclic) bond motifs is 1. The van der Waals surface area contributed by atoms with Crippen molar-refractivity contribution in [2.24, 2.45) is 0 Å². The molecular formula is C32H44N3O7P. The highest BCUT2D eigenvalue weighted by Crippen LogP contribution is 2.49. The summed E-state index contributed by atoms with van der Waals surface area (Å²) >= 11 is 0. The van der Waals surface area contributed by atoms with Gasteiger partial charge in [-0.05, 0) is 62.3 Å². The molecule has 11 heteroatoms. The lowest BCUT2D eigenvalue weighted by atomic mass is 9.79. The van der Waals surface area contributed by atoms with Gasteiger partial charge in [0.15, 0.2) is 0 Å². The topological polar surface area (TPSA) is 136 Å². The van der Waals surface area contributed by atoms with Gasteiger partial charge in [0.2, 0.25) is 5.43 Å². The second kappa shape index (κ2) is 13.0. The number of aromatic amines is 1. The van der Waals surface area contributed by atoms with Crippen LogP contribution in [0.3, 0.4) is 0 Å².